The van der Waals surface area contributed by atoms with Crippen LogP contribution in [0.4, 0.5) is 4.39 Å². The number of piperazine rings is 1. The number of nitrogens with zero attached hydrogens (tertiary/aromatic N) is 3. The first-order chi connectivity index (χ1) is 12.6. The summed E-state index contributed by atoms with van der Waals surface area (Å²) in [6, 6.07) is 8.22. The summed E-state index contributed by atoms with van der Waals surface area (Å²) in [5.74, 6) is 0.680. The number of benzene rings is 1. The summed E-state index contributed by atoms with van der Waals surface area (Å²) in [7, 11) is 1.69. The highest BCUT2D eigenvalue weighted by Crippen LogP contribution is 2.15. The first kappa shape index (κ1) is 21.7. The summed E-state index contributed by atoms with van der Waals surface area (Å²) in [5.41, 5.74) is 0.562. The number of aliphatic imine (C=N–C) groups is 1. The largest absolute Gasteiger partial charge is 0.459 e. The minimum absolute atomic E-state index is 0. The lowest BCUT2D eigenvalue weighted by Crippen LogP contribution is -2.53. The number of nitrogens with one attached hydrogen (secondary N) is 1. The van der Waals surface area contributed by atoms with E-state index in [2.05, 4.69) is 31.1 Å². The first-order valence-electron chi connectivity index (χ1n) is 8.31. The minimum Gasteiger partial charge on any atom is -0.459 e. The van der Waals surface area contributed by atoms with Gasteiger partial charge in [-0.3, -0.25) is 9.79 Å². The third-order valence-corrected chi connectivity index (χ3v) is 4.75. The summed E-state index contributed by atoms with van der Waals surface area (Å²) in [6.45, 7) is 2.78. The Morgan fingerprint density at radius 3 is 2.59 bits per heavy atom. The lowest BCUT2D eigenvalue weighted by Gasteiger charge is -2.36. The molecule has 1 aliphatic rings. The highest BCUT2D eigenvalue weighted by molar-refractivity contribution is 14.0. The molecule has 1 aliphatic heterocycles. The molecule has 2 heterocycles. The Labute approximate surface area is 182 Å². The van der Waals surface area contributed by atoms with E-state index in [0.717, 1.165) is 4.47 Å². The van der Waals surface area contributed by atoms with Crippen LogP contribution in [-0.4, -0.2) is 54.9 Å². The lowest BCUT2D eigenvalue weighted by molar-refractivity contribution is 0.0657. The Kier molecular flexibility index (Phi) is 8.08. The van der Waals surface area contributed by atoms with E-state index in [-0.39, 0.29) is 35.7 Å². The molecule has 0 atom stereocenters. The highest BCUT2D eigenvalue weighted by atomic mass is 127. The van der Waals surface area contributed by atoms with Gasteiger partial charge in [-0.05, 0) is 30.3 Å². The van der Waals surface area contributed by atoms with Crippen LogP contribution in [-0.2, 0) is 6.54 Å². The van der Waals surface area contributed by atoms with E-state index in [9.17, 15) is 9.18 Å². The molecule has 0 bridgehead atoms. The fraction of sp³-hybridized carbons (Fsp3) is 0.333. The maximum atomic E-state index is 13.9. The molecule has 9 heteroatoms. The van der Waals surface area contributed by atoms with Gasteiger partial charge in [-0.2, -0.15) is 0 Å². The molecule has 6 nitrogen and oxygen atoms in total. The van der Waals surface area contributed by atoms with E-state index in [1.165, 1.54) is 12.3 Å². The van der Waals surface area contributed by atoms with E-state index >= 15 is 0 Å². The number of furan rings is 1. The predicted molar refractivity (Wildman–Crippen MR) is 116 cm³/mol. The van der Waals surface area contributed by atoms with Crippen LogP contribution in [0.2, 0.25) is 0 Å². The van der Waals surface area contributed by atoms with Gasteiger partial charge in [0.1, 0.15) is 5.82 Å². The molecule has 146 valence electrons. The van der Waals surface area contributed by atoms with Gasteiger partial charge in [0.15, 0.2) is 11.7 Å². The van der Waals surface area contributed by atoms with Crippen molar-refractivity contribution in [1.29, 1.82) is 0 Å². The molecule has 0 unspecified atom stereocenters. The monoisotopic (exact) mass is 550 g/mol. The molecule has 1 fully saturated rings. The molecule has 0 radical (unpaired) electrons. The maximum absolute atomic E-state index is 13.9. The number of hydrogen-bond acceptors (Lipinski definition) is 3. The number of hydrogen-bond donors (Lipinski definition) is 1. The second kappa shape index (κ2) is 10.1. The van der Waals surface area contributed by atoms with Gasteiger partial charge in [-0.15, -0.1) is 24.0 Å². The summed E-state index contributed by atoms with van der Waals surface area (Å²) in [4.78, 5) is 20.4. The first-order valence-corrected chi connectivity index (χ1v) is 9.10. The van der Waals surface area contributed by atoms with Crippen molar-refractivity contribution >= 4 is 51.8 Å². The minimum atomic E-state index is -0.259. The van der Waals surface area contributed by atoms with Crippen molar-refractivity contribution in [2.45, 2.75) is 6.54 Å². The van der Waals surface area contributed by atoms with Crippen LogP contribution in [0.1, 0.15) is 16.1 Å². The zero-order valence-electron chi connectivity index (χ0n) is 14.8. The van der Waals surface area contributed by atoms with Crippen molar-refractivity contribution < 1.29 is 13.6 Å². The van der Waals surface area contributed by atoms with Crippen LogP contribution in [0.5, 0.6) is 0 Å². The van der Waals surface area contributed by atoms with Crippen molar-refractivity contribution in [1.82, 2.24) is 15.1 Å². The second-order valence-corrected chi connectivity index (χ2v) is 6.81. The van der Waals surface area contributed by atoms with Gasteiger partial charge in [0.05, 0.1) is 6.26 Å². The van der Waals surface area contributed by atoms with Crippen LogP contribution < -0.4 is 5.32 Å². The number of carbonyl (C=O) groups excluding carboxylic acids is 1. The molecular weight excluding hydrogens is 530 g/mol. The van der Waals surface area contributed by atoms with Crippen molar-refractivity contribution in [3.63, 3.8) is 0 Å². The fourth-order valence-electron chi connectivity index (χ4n) is 2.86. The Morgan fingerprint density at radius 1 is 1.26 bits per heavy atom. The standard InChI is InChI=1S/C18H20BrFN4O2.HI/c1-21-18(22-12-13-11-14(19)4-5-15(13)20)24-8-6-23(7-9-24)17(25)16-3-2-10-26-16;/h2-5,10-11H,6-9,12H2,1H3,(H,21,22);1H. The van der Waals surface area contributed by atoms with Crippen LogP contribution in [0.3, 0.4) is 0 Å². The lowest BCUT2D eigenvalue weighted by atomic mass is 10.2. The van der Waals surface area contributed by atoms with Gasteiger partial charge in [-0.1, -0.05) is 15.9 Å². The Morgan fingerprint density at radius 2 is 1.96 bits per heavy atom. The number of carbonyl (C=O) groups is 1. The molecule has 0 spiro atoms. The van der Waals surface area contributed by atoms with Crippen molar-refractivity contribution in [3.05, 3.63) is 58.2 Å². The number of guanidine groups is 1. The van der Waals surface area contributed by atoms with Crippen LogP contribution >= 0.6 is 39.9 Å². The number of rotatable bonds is 3. The van der Waals surface area contributed by atoms with Crippen LogP contribution in [0.15, 0.2) is 50.5 Å². The van der Waals surface area contributed by atoms with Gasteiger partial charge in [0.25, 0.3) is 5.91 Å². The number of halogens is 3. The topological polar surface area (TPSA) is 61.1 Å². The molecule has 2 aromatic rings. The summed E-state index contributed by atoms with van der Waals surface area (Å²) >= 11 is 3.35. The normalized spacial score (nSPS) is 14.7. The van der Waals surface area contributed by atoms with Crippen LogP contribution in [0.25, 0.3) is 0 Å². The smallest absolute Gasteiger partial charge is 0.289 e. The Bertz CT molecular complexity index is 793. The zero-order chi connectivity index (χ0) is 18.5. The molecule has 3 rings (SSSR count). The molecule has 0 saturated carbocycles. The van der Waals surface area contributed by atoms with E-state index in [0.29, 0.717) is 50.0 Å². The van der Waals surface area contributed by atoms with Crippen molar-refractivity contribution in [3.8, 4) is 0 Å². The van der Waals surface area contributed by atoms with E-state index in [1.54, 1.807) is 36.2 Å². The Hall–Kier alpha value is -1.62. The van der Waals surface area contributed by atoms with E-state index < -0.39 is 0 Å². The summed E-state index contributed by atoms with van der Waals surface area (Å²) in [5, 5.41) is 3.19. The third-order valence-electron chi connectivity index (χ3n) is 4.25. The molecule has 1 N–H and O–H groups in total. The SMILES string of the molecule is CN=C(NCc1cc(Br)ccc1F)N1CCN(C(=O)c2ccco2)CC1.I. The Balaban J connectivity index is 0.00000261. The molecular formula is C18H21BrFIN4O2. The summed E-state index contributed by atoms with van der Waals surface area (Å²) in [6.07, 6.45) is 1.50. The zero-order valence-corrected chi connectivity index (χ0v) is 18.7. The van der Waals surface area contributed by atoms with Crippen molar-refractivity contribution in [2.24, 2.45) is 4.99 Å². The molecule has 1 amide bonds. The molecule has 1 saturated heterocycles. The molecule has 1 aromatic carbocycles. The van der Waals surface area contributed by atoms with Gasteiger partial charge in [0, 0.05) is 49.8 Å². The van der Waals surface area contributed by atoms with Gasteiger partial charge in [-0.25, -0.2) is 4.39 Å². The van der Waals surface area contributed by atoms with Crippen molar-refractivity contribution in [2.75, 3.05) is 33.2 Å². The number of amides is 1. The van der Waals surface area contributed by atoms with Gasteiger partial charge >= 0.3 is 0 Å². The van der Waals surface area contributed by atoms with E-state index in [1.807, 2.05) is 0 Å². The average molecular weight is 551 g/mol. The summed E-state index contributed by atoms with van der Waals surface area (Å²) < 4.78 is 19.9. The maximum Gasteiger partial charge on any atom is 0.289 e. The molecule has 27 heavy (non-hydrogen) atoms. The molecule has 0 aliphatic carbocycles. The third kappa shape index (κ3) is 5.44. The van der Waals surface area contributed by atoms with Gasteiger partial charge in [0.2, 0.25) is 0 Å². The predicted octanol–water partition coefficient (Wildman–Crippen LogP) is 3.33. The quantitative estimate of drug-likeness (QED) is 0.362. The molecule has 1 aromatic heterocycles. The fourth-order valence-corrected chi connectivity index (χ4v) is 3.27. The average Bonchev–Trinajstić information content (AvgIpc) is 3.19. The highest BCUT2D eigenvalue weighted by Gasteiger charge is 2.25. The second-order valence-electron chi connectivity index (χ2n) is 5.89. The van der Waals surface area contributed by atoms with E-state index in [4.69, 9.17) is 4.42 Å². The van der Waals surface area contributed by atoms with Crippen LogP contribution in [0, 0.1) is 5.82 Å². The van der Waals surface area contributed by atoms with Gasteiger partial charge < -0.3 is 19.5 Å².